The lowest BCUT2D eigenvalue weighted by molar-refractivity contribution is -0.123. The number of aryl methyl sites for hydroxylation is 1. The van der Waals surface area contributed by atoms with Crippen molar-refractivity contribution in [3.05, 3.63) is 54.1 Å². The van der Waals surface area contributed by atoms with E-state index in [4.69, 9.17) is 14.2 Å². The topological polar surface area (TPSA) is 56.8 Å². The number of ether oxygens (including phenoxy) is 3. The molecule has 0 saturated heterocycles. The SMILES string of the molecule is COCCNC(=O)COc1ccc(Oc2ccc(C)cc2)cc1. The third kappa shape index (κ3) is 6.00. The molecule has 0 aliphatic heterocycles. The molecule has 1 amide bonds. The van der Waals surface area contributed by atoms with Gasteiger partial charge >= 0.3 is 0 Å². The van der Waals surface area contributed by atoms with Crippen molar-refractivity contribution >= 4 is 5.91 Å². The highest BCUT2D eigenvalue weighted by Gasteiger charge is 2.03. The van der Waals surface area contributed by atoms with E-state index in [1.165, 1.54) is 5.56 Å². The molecule has 0 aliphatic rings. The second-order valence-corrected chi connectivity index (χ2v) is 5.02. The van der Waals surface area contributed by atoms with E-state index in [1.54, 1.807) is 31.4 Å². The van der Waals surface area contributed by atoms with Gasteiger partial charge in [-0.25, -0.2) is 0 Å². The van der Waals surface area contributed by atoms with Crippen LogP contribution < -0.4 is 14.8 Å². The molecule has 1 N–H and O–H groups in total. The molecule has 0 bridgehead atoms. The van der Waals surface area contributed by atoms with Crippen molar-refractivity contribution in [2.45, 2.75) is 6.92 Å². The van der Waals surface area contributed by atoms with Gasteiger partial charge in [0.15, 0.2) is 6.61 Å². The zero-order valence-corrected chi connectivity index (χ0v) is 13.4. The van der Waals surface area contributed by atoms with Crippen LogP contribution in [0.15, 0.2) is 48.5 Å². The fourth-order valence-electron chi connectivity index (χ4n) is 1.84. The van der Waals surface area contributed by atoms with E-state index in [9.17, 15) is 4.79 Å². The summed E-state index contributed by atoms with van der Waals surface area (Å²) in [6, 6.07) is 15.0. The second-order valence-electron chi connectivity index (χ2n) is 5.02. The first kappa shape index (κ1) is 16.8. The number of amides is 1. The highest BCUT2D eigenvalue weighted by Crippen LogP contribution is 2.24. The molecule has 2 aromatic carbocycles. The fraction of sp³-hybridized carbons (Fsp3) is 0.278. The summed E-state index contributed by atoms with van der Waals surface area (Å²) in [6.07, 6.45) is 0. The number of nitrogens with one attached hydrogen (secondary N) is 1. The lowest BCUT2D eigenvalue weighted by Gasteiger charge is -2.09. The maximum absolute atomic E-state index is 11.5. The van der Waals surface area contributed by atoms with Crippen LogP contribution in [0.25, 0.3) is 0 Å². The fourth-order valence-corrected chi connectivity index (χ4v) is 1.84. The molecule has 0 saturated carbocycles. The quantitative estimate of drug-likeness (QED) is 0.761. The standard InChI is InChI=1S/C18H21NO4/c1-14-3-5-16(6-4-14)23-17-9-7-15(8-10-17)22-13-18(20)19-11-12-21-2/h3-10H,11-13H2,1-2H3,(H,19,20). The first-order chi connectivity index (χ1) is 11.2. The smallest absolute Gasteiger partial charge is 0.258 e. The summed E-state index contributed by atoms with van der Waals surface area (Å²) < 4.78 is 16.0. The number of methoxy groups -OCH3 is 1. The minimum Gasteiger partial charge on any atom is -0.484 e. The van der Waals surface area contributed by atoms with Gasteiger partial charge < -0.3 is 19.5 Å². The molecule has 2 rings (SSSR count). The summed E-state index contributed by atoms with van der Waals surface area (Å²) in [6.45, 7) is 2.96. The average Bonchev–Trinajstić information content (AvgIpc) is 2.57. The van der Waals surface area contributed by atoms with Crippen LogP contribution >= 0.6 is 0 Å². The van der Waals surface area contributed by atoms with Crippen LogP contribution in [0, 0.1) is 6.92 Å². The van der Waals surface area contributed by atoms with Gasteiger partial charge in [0.1, 0.15) is 17.2 Å². The van der Waals surface area contributed by atoms with Crippen LogP contribution in [0.3, 0.4) is 0 Å². The molecule has 23 heavy (non-hydrogen) atoms. The Morgan fingerprint density at radius 1 is 0.957 bits per heavy atom. The molecule has 0 unspecified atom stereocenters. The number of benzene rings is 2. The summed E-state index contributed by atoms with van der Waals surface area (Å²) in [7, 11) is 1.59. The first-order valence-electron chi connectivity index (χ1n) is 7.40. The molecule has 0 radical (unpaired) electrons. The Morgan fingerprint density at radius 3 is 2.13 bits per heavy atom. The summed E-state index contributed by atoms with van der Waals surface area (Å²) in [5.74, 6) is 1.93. The Balaban J connectivity index is 1.80. The van der Waals surface area contributed by atoms with Crippen LogP contribution in [0.4, 0.5) is 0 Å². The van der Waals surface area contributed by atoms with Crippen LogP contribution in [-0.4, -0.2) is 32.8 Å². The zero-order chi connectivity index (χ0) is 16.5. The van der Waals surface area contributed by atoms with E-state index in [-0.39, 0.29) is 12.5 Å². The molecule has 0 spiro atoms. The molecular formula is C18H21NO4. The van der Waals surface area contributed by atoms with Crippen LogP contribution in [0.5, 0.6) is 17.2 Å². The van der Waals surface area contributed by atoms with Gasteiger partial charge in [0.25, 0.3) is 5.91 Å². The highest BCUT2D eigenvalue weighted by atomic mass is 16.5. The van der Waals surface area contributed by atoms with Crippen molar-refractivity contribution in [1.29, 1.82) is 0 Å². The Bertz CT molecular complexity index is 608. The van der Waals surface area contributed by atoms with Crippen molar-refractivity contribution in [2.75, 3.05) is 26.9 Å². The molecule has 0 aromatic heterocycles. The predicted molar refractivity (Wildman–Crippen MR) is 88.1 cm³/mol. The van der Waals surface area contributed by atoms with Gasteiger partial charge in [-0.15, -0.1) is 0 Å². The monoisotopic (exact) mass is 315 g/mol. The van der Waals surface area contributed by atoms with Crippen LogP contribution in [0.1, 0.15) is 5.56 Å². The maximum atomic E-state index is 11.5. The van der Waals surface area contributed by atoms with Gasteiger partial charge in [0.2, 0.25) is 0 Å². The summed E-state index contributed by atoms with van der Waals surface area (Å²) >= 11 is 0. The van der Waals surface area contributed by atoms with E-state index >= 15 is 0 Å². The molecule has 122 valence electrons. The number of hydrogen-bond donors (Lipinski definition) is 1. The Kier molecular flexibility index (Phi) is 6.44. The Morgan fingerprint density at radius 2 is 1.52 bits per heavy atom. The molecule has 0 atom stereocenters. The number of rotatable bonds is 8. The van der Waals surface area contributed by atoms with Crippen molar-refractivity contribution in [3.63, 3.8) is 0 Å². The van der Waals surface area contributed by atoms with Crippen molar-refractivity contribution in [3.8, 4) is 17.2 Å². The third-order valence-electron chi connectivity index (χ3n) is 3.08. The normalized spacial score (nSPS) is 10.2. The molecule has 0 fully saturated rings. The minimum atomic E-state index is -0.179. The van der Waals surface area contributed by atoms with Crippen molar-refractivity contribution < 1.29 is 19.0 Å². The minimum absolute atomic E-state index is 0.0259. The summed E-state index contributed by atoms with van der Waals surface area (Å²) in [5, 5.41) is 2.69. The van der Waals surface area contributed by atoms with Crippen LogP contribution in [-0.2, 0) is 9.53 Å². The van der Waals surface area contributed by atoms with Crippen molar-refractivity contribution in [2.24, 2.45) is 0 Å². The van der Waals surface area contributed by atoms with E-state index in [0.29, 0.717) is 24.7 Å². The summed E-state index contributed by atoms with van der Waals surface area (Å²) in [5.41, 5.74) is 1.19. The van der Waals surface area contributed by atoms with Gasteiger partial charge in [-0.1, -0.05) is 17.7 Å². The van der Waals surface area contributed by atoms with E-state index in [0.717, 1.165) is 5.75 Å². The molecular weight excluding hydrogens is 294 g/mol. The zero-order valence-electron chi connectivity index (χ0n) is 13.4. The molecule has 0 heterocycles. The molecule has 5 nitrogen and oxygen atoms in total. The molecule has 0 aliphatic carbocycles. The largest absolute Gasteiger partial charge is 0.484 e. The van der Waals surface area contributed by atoms with Crippen LogP contribution in [0.2, 0.25) is 0 Å². The van der Waals surface area contributed by atoms with Gasteiger partial charge in [0.05, 0.1) is 6.61 Å². The third-order valence-corrected chi connectivity index (χ3v) is 3.08. The van der Waals surface area contributed by atoms with E-state index in [1.807, 2.05) is 31.2 Å². The molecule has 2 aromatic rings. The second kappa shape index (κ2) is 8.80. The van der Waals surface area contributed by atoms with Crippen molar-refractivity contribution in [1.82, 2.24) is 5.32 Å². The molecule has 5 heteroatoms. The lowest BCUT2D eigenvalue weighted by Crippen LogP contribution is -2.31. The Hall–Kier alpha value is -2.53. The number of carbonyl (C=O) groups excluding carboxylic acids is 1. The van der Waals surface area contributed by atoms with Gasteiger partial charge in [-0.05, 0) is 43.3 Å². The van der Waals surface area contributed by atoms with E-state index < -0.39 is 0 Å². The highest BCUT2D eigenvalue weighted by molar-refractivity contribution is 5.77. The number of hydrogen-bond acceptors (Lipinski definition) is 4. The maximum Gasteiger partial charge on any atom is 0.258 e. The van der Waals surface area contributed by atoms with Gasteiger partial charge in [0, 0.05) is 13.7 Å². The Labute approximate surface area is 136 Å². The van der Waals surface area contributed by atoms with Gasteiger partial charge in [-0.3, -0.25) is 4.79 Å². The number of carbonyl (C=O) groups is 1. The first-order valence-corrected chi connectivity index (χ1v) is 7.40. The van der Waals surface area contributed by atoms with E-state index in [2.05, 4.69) is 5.32 Å². The predicted octanol–water partition coefficient (Wildman–Crippen LogP) is 2.93. The average molecular weight is 315 g/mol. The van der Waals surface area contributed by atoms with Gasteiger partial charge in [-0.2, -0.15) is 0 Å². The summed E-state index contributed by atoms with van der Waals surface area (Å²) in [4.78, 5) is 11.5. The lowest BCUT2D eigenvalue weighted by atomic mass is 10.2.